The van der Waals surface area contributed by atoms with Crippen molar-refractivity contribution >= 4 is 11.2 Å². The van der Waals surface area contributed by atoms with Crippen molar-refractivity contribution < 1.29 is 17.6 Å². The molecule has 0 spiro atoms. The maximum atomic E-state index is 12.4. The second kappa shape index (κ2) is 3.77. The van der Waals surface area contributed by atoms with Crippen LogP contribution in [0.25, 0.3) is 11.2 Å². The van der Waals surface area contributed by atoms with Crippen molar-refractivity contribution in [2.45, 2.75) is 25.9 Å². The number of nitrogens with zero attached hydrogens (tertiary/aromatic N) is 2. The lowest BCUT2D eigenvalue weighted by Gasteiger charge is -2.03. The summed E-state index contributed by atoms with van der Waals surface area (Å²) < 4.78 is 42.3. The van der Waals surface area contributed by atoms with Gasteiger partial charge in [-0.1, -0.05) is 6.92 Å². The molecule has 2 aromatic heterocycles. The van der Waals surface area contributed by atoms with Crippen LogP contribution in [0.15, 0.2) is 16.7 Å². The topological polar surface area (TPSA) is 38.9 Å². The second-order valence-electron chi connectivity index (χ2n) is 3.40. The third-order valence-electron chi connectivity index (χ3n) is 2.08. The highest BCUT2D eigenvalue weighted by Gasteiger charge is 2.31. The lowest BCUT2D eigenvalue weighted by Crippen LogP contribution is -2.04. The Bertz CT molecular complexity index is 504. The Morgan fingerprint density at radius 1 is 1.38 bits per heavy atom. The van der Waals surface area contributed by atoms with Gasteiger partial charge in [0.15, 0.2) is 5.89 Å². The lowest BCUT2D eigenvalue weighted by molar-refractivity contribution is -0.137. The molecule has 0 aromatic carbocycles. The first-order chi connectivity index (χ1) is 7.50. The summed E-state index contributed by atoms with van der Waals surface area (Å²) in [5.41, 5.74) is -0.508. The van der Waals surface area contributed by atoms with Crippen LogP contribution in [0.5, 0.6) is 0 Å². The number of hydrogen-bond acceptors (Lipinski definition) is 3. The Kier molecular flexibility index (Phi) is 2.57. The first-order valence-electron chi connectivity index (χ1n) is 4.83. The van der Waals surface area contributed by atoms with Crippen molar-refractivity contribution in [1.29, 1.82) is 0 Å². The summed E-state index contributed by atoms with van der Waals surface area (Å²) in [5.74, 6) is 0.421. The maximum Gasteiger partial charge on any atom is 0.417 e. The normalized spacial score (nSPS) is 12.2. The number of hydrogen-bond donors (Lipinski definition) is 0. The van der Waals surface area contributed by atoms with Gasteiger partial charge in [-0.25, -0.2) is 9.97 Å². The van der Waals surface area contributed by atoms with Crippen molar-refractivity contribution in [3.8, 4) is 0 Å². The summed E-state index contributed by atoms with van der Waals surface area (Å²) in [7, 11) is 0. The van der Waals surface area contributed by atoms with E-state index in [0.717, 1.165) is 18.7 Å². The van der Waals surface area contributed by atoms with Gasteiger partial charge in [-0.3, -0.25) is 0 Å². The highest BCUT2D eigenvalue weighted by molar-refractivity contribution is 5.68. The van der Waals surface area contributed by atoms with Gasteiger partial charge in [0.1, 0.15) is 5.52 Å². The van der Waals surface area contributed by atoms with Gasteiger partial charge in [0.25, 0.3) is 0 Å². The number of oxazole rings is 1. The van der Waals surface area contributed by atoms with E-state index in [2.05, 4.69) is 9.97 Å². The molecule has 0 N–H and O–H groups in total. The minimum absolute atomic E-state index is 0.149. The number of alkyl halides is 3. The van der Waals surface area contributed by atoms with E-state index in [1.807, 2.05) is 6.92 Å². The highest BCUT2D eigenvalue weighted by atomic mass is 19.4. The van der Waals surface area contributed by atoms with E-state index in [4.69, 9.17) is 4.42 Å². The SMILES string of the molecule is CCCc1nc2cc(C(F)(F)F)cnc2o1. The van der Waals surface area contributed by atoms with Gasteiger partial charge in [-0.2, -0.15) is 13.2 Å². The van der Waals surface area contributed by atoms with Crippen molar-refractivity contribution in [3.05, 3.63) is 23.7 Å². The van der Waals surface area contributed by atoms with Gasteiger partial charge in [0, 0.05) is 12.6 Å². The summed E-state index contributed by atoms with van der Waals surface area (Å²) in [6.07, 6.45) is -2.23. The summed E-state index contributed by atoms with van der Waals surface area (Å²) in [6, 6.07) is 0.949. The molecule has 0 atom stereocenters. The van der Waals surface area contributed by atoms with Crippen LogP contribution in [-0.4, -0.2) is 9.97 Å². The molecule has 0 aliphatic rings. The quantitative estimate of drug-likeness (QED) is 0.795. The number of rotatable bonds is 2. The summed E-state index contributed by atoms with van der Waals surface area (Å²) in [5, 5.41) is 0. The molecule has 3 nitrogen and oxygen atoms in total. The first kappa shape index (κ1) is 10.9. The fourth-order valence-corrected chi connectivity index (χ4v) is 1.34. The molecule has 0 unspecified atom stereocenters. The summed E-state index contributed by atoms with van der Waals surface area (Å²) in [6.45, 7) is 1.93. The molecule has 0 amide bonds. The van der Waals surface area contributed by atoms with E-state index in [-0.39, 0.29) is 11.2 Å². The van der Waals surface area contributed by atoms with Crippen LogP contribution in [0.3, 0.4) is 0 Å². The van der Waals surface area contributed by atoms with E-state index >= 15 is 0 Å². The van der Waals surface area contributed by atoms with Crippen molar-refractivity contribution in [2.24, 2.45) is 0 Å². The molecule has 86 valence electrons. The molecule has 0 radical (unpaired) electrons. The standard InChI is InChI=1S/C10H9F3N2O/c1-2-3-8-15-7-4-6(10(11,12)13)5-14-9(7)16-8/h4-5H,2-3H2,1H3. The molecule has 0 bridgehead atoms. The van der Waals surface area contributed by atoms with Gasteiger partial charge in [-0.15, -0.1) is 0 Å². The minimum Gasteiger partial charge on any atom is -0.422 e. The Labute approximate surface area is 89.3 Å². The third-order valence-corrected chi connectivity index (χ3v) is 2.08. The van der Waals surface area contributed by atoms with Crippen LogP contribution < -0.4 is 0 Å². The highest BCUT2D eigenvalue weighted by Crippen LogP contribution is 2.30. The molecule has 0 aliphatic heterocycles. The predicted octanol–water partition coefficient (Wildman–Crippen LogP) is 3.19. The fraction of sp³-hybridized carbons (Fsp3) is 0.400. The first-order valence-corrected chi connectivity index (χ1v) is 4.83. The smallest absolute Gasteiger partial charge is 0.417 e. The zero-order valence-corrected chi connectivity index (χ0v) is 8.51. The number of pyridine rings is 1. The zero-order valence-electron chi connectivity index (χ0n) is 8.51. The third kappa shape index (κ3) is 2.00. The number of aromatic nitrogens is 2. The van der Waals surface area contributed by atoms with Gasteiger partial charge in [0.2, 0.25) is 5.71 Å². The molecule has 2 heterocycles. The summed E-state index contributed by atoms with van der Waals surface area (Å²) >= 11 is 0. The molecular formula is C10H9F3N2O. The molecule has 2 aromatic rings. The lowest BCUT2D eigenvalue weighted by atomic mass is 10.2. The van der Waals surface area contributed by atoms with Crippen LogP contribution in [0.2, 0.25) is 0 Å². The van der Waals surface area contributed by atoms with Crippen LogP contribution in [0.4, 0.5) is 13.2 Å². The van der Waals surface area contributed by atoms with E-state index in [1.54, 1.807) is 0 Å². The van der Waals surface area contributed by atoms with Crippen molar-refractivity contribution in [1.82, 2.24) is 9.97 Å². The Hall–Kier alpha value is -1.59. The average molecular weight is 230 g/mol. The van der Waals surface area contributed by atoms with E-state index in [0.29, 0.717) is 12.3 Å². The molecule has 2 rings (SSSR count). The molecule has 0 saturated carbocycles. The van der Waals surface area contributed by atoms with E-state index in [9.17, 15) is 13.2 Å². The molecule has 0 saturated heterocycles. The van der Waals surface area contributed by atoms with Crippen molar-refractivity contribution in [2.75, 3.05) is 0 Å². The number of aryl methyl sites for hydroxylation is 1. The maximum absolute atomic E-state index is 12.4. The van der Waals surface area contributed by atoms with E-state index in [1.165, 1.54) is 0 Å². The van der Waals surface area contributed by atoms with Crippen LogP contribution in [-0.2, 0) is 12.6 Å². The zero-order chi connectivity index (χ0) is 11.8. The Morgan fingerprint density at radius 3 is 2.75 bits per heavy atom. The van der Waals surface area contributed by atoms with Gasteiger partial charge < -0.3 is 4.42 Å². The van der Waals surface area contributed by atoms with E-state index < -0.39 is 11.7 Å². The van der Waals surface area contributed by atoms with Crippen molar-refractivity contribution in [3.63, 3.8) is 0 Å². The van der Waals surface area contributed by atoms with Gasteiger partial charge in [-0.05, 0) is 12.5 Å². The average Bonchev–Trinajstić information content (AvgIpc) is 2.57. The molecule has 6 heteroatoms. The molecule has 0 aliphatic carbocycles. The van der Waals surface area contributed by atoms with Crippen LogP contribution in [0.1, 0.15) is 24.8 Å². The Morgan fingerprint density at radius 2 is 2.12 bits per heavy atom. The molecule has 16 heavy (non-hydrogen) atoms. The molecular weight excluding hydrogens is 221 g/mol. The second-order valence-corrected chi connectivity index (χ2v) is 3.40. The number of fused-ring (bicyclic) bond motifs is 1. The van der Waals surface area contributed by atoms with Gasteiger partial charge >= 0.3 is 6.18 Å². The summed E-state index contributed by atoms with van der Waals surface area (Å²) in [4.78, 5) is 7.55. The van der Waals surface area contributed by atoms with Crippen LogP contribution in [0, 0.1) is 0 Å². The molecule has 0 fully saturated rings. The largest absolute Gasteiger partial charge is 0.422 e. The van der Waals surface area contributed by atoms with Gasteiger partial charge in [0.05, 0.1) is 5.56 Å². The number of halogens is 3. The van der Waals surface area contributed by atoms with Crippen LogP contribution >= 0.6 is 0 Å². The minimum atomic E-state index is -4.40. The monoisotopic (exact) mass is 230 g/mol. The fourth-order valence-electron chi connectivity index (χ4n) is 1.34. The Balaban J connectivity index is 2.46. The predicted molar refractivity (Wildman–Crippen MR) is 50.8 cm³/mol.